The molecule has 1 saturated heterocycles. The molecule has 0 aromatic heterocycles. The first kappa shape index (κ1) is 26.1. The maximum atomic E-state index is 13.8. The third-order valence-electron chi connectivity index (χ3n) is 7.51. The molecule has 5 rings (SSSR count). The Kier molecular flexibility index (Phi) is 7.32. The van der Waals surface area contributed by atoms with Gasteiger partial charge in [-0.2, -0.15) is 0 Å². The van der Waals surface area contributed by atoms with E-state index in [4.69, 9.17) is 23.2 Å². The first-order chi connectivity index (χ1) is 18.3. The average Bonchev–Trinajstić information content (AvgIpc) is 3.18. The highest BCUT2D eigenvalue weighted by Crippen LogP contribution is 2.49. The first-order valence-electron chi connectivity index (χ1n) is 12.5. The number of fused-ring (bicyclic) bond motifs is 1. The minimum Gasteiger partial charge on any atom is -0.478 e. The van der Waals surface area contributed by atoms with Gasteiger partial charge in [0.05, 0.1) is 11.0 Å². The highest BCUT2D eigenvalue weighted by Gasteiger charge is 2.53. The Morgan fingerprint density at radius 3 is 2.58 bits per heavy atom. The molecule has 3 amide bonds. The van der Waals surface area contributed by atoms with Crippen molar-refractivity contribution in [2.75, 3.05) is 18.4 Å². The number of carboxylic acids is 1. The van der Waals surface area contributed by atoms with Gasteiger partial charge in [0, 0.05) is 35.4 Å². The van der Waals surface area contributed by atoms with Crippen LogP contribution < -0.4 is 10.6 Å². The van der Waals surface area contributed by atoms with Crippen LogP contribution in [0.5, 0.6) is 0 Å². The van der Waals surface area contributed by atoms with Crippen molar-refractivity contribution >= 4 is 46.8 Å². The molecule has 3 N–H and O–H groups in total. The van der Waals surface area contributed by atoms with E-state index in [0.717, 1.165) is 24.0 Å². The number of aromatic carboxylic acids is 1. The minimum absolute atomic E-state index is 0.104. The molecule has 0 bridgehead atoms. The van der Waals surface area contributed by atoms with Crippen molar-refractivity contribution in [2.24, 2.45) is 5.92 Å². The highest BCUT2D eigenvalue weighted by molar-refractivity contribution is 6.31. The molecule has 38 heavy (non-hydrogen) atoms. The number of carboxylic acid groups (broad SMARTS) is 1. The summed E-state index contributed by atoms with van der Waals surface area (Å²) < 4.78 is 0. The molecular formula is C29H27Cl2N3O4. The van der Waals surface area contributed by atoms with Gasteiger partial charge in [-0.25, -0.2) is 9.59 Å². The van der Waals surface area contributed by atoms with Crippen LogP contribution in [-0.4, -0.2) is 41.0 Å². The lowest BCUT2D eigenvalue weighted by atomic mass is 9.65. The zero-order chi connectivity index (χ0) is 26.9. The van der Waals surface area contributed by atoms with Crippen LogP contribution in [0.1, 0.15) is 39.9 Å². The van der Waals surface area contributed by atoms with Crippen molar-refractivity contribution in [1.82, 2.24) is 10.2 Å². The molecule has 2 aliphatic rings. The predicted molar refractivity (Wildman–Crippen MR) is 147 cm³/mol. The van der Waals surface area contributed by atoms with Gasteiger partial charge in [-0.3, -0.25) is 4.79 Å². The minimum atomic E-state index is -1.02. The monoisotopic (exact) mass is 551 g/mol. The molecule has 7 nitrogen and oxygen atoms in total. The maximum Gasteiger partial charge on any atom is 0.335 e. The topological polar surface area (TPSA) is 98.7 Å². The fourth-order valence-corrected chi connectivity index (χ4v) is 6.11. The van der Waals surface area contributed by atoms with E-state index in [1.165, 1.54) is 6.07 Å². The molecular weight excluding hydrogens is 525 g/mol. The second kappa shape index (κ2) is 10.7. The average molecular weight is 552 g/mol. The van der Waals surface area contributed by atoms with Crippen molar-refractivity contribution < 1.29 is 19.5 Å². The Balaban J connectivity index is 1.40. The second-order valence-electron chi connectivity index (χ2n) is 9.87. The number of urea groups is 1. The number of piperidine rings is 1. The zero-order valence-electron chi connectivity index (χ0n) is 20.5. The molecule has 2 heterocycles. The van der Waals surface area contributed by atoms with Crippen molar-refractivity contribution in [2.45, 2.75) is 31.2 Å². The number of likely N-dealkylation sites (tertiary alicyclic amines) is 1. The summed E-state index contributed by atoms with van der Waals surface area (Å²) in [4.78, 5) is 40.0. The summed E-state index contributed by atoms with van der Waals surface area (Å²) in [6, 6.07) is 19.2. The molecule has 0 spiro atoms. The molecule has 196 valence electrons. The molecule has 2 unspecified atom stereocenters. The van der Waals surface area contributed by atoms with Gasteiger partial charge >= 0.3 is 12.0 Å². The van der Waals surface area contributed by atoms with E-state index in [-0.39, 0.29) is 30.0 Å². The lowest BCUT2D eigenvalue weighted by molar-refractivity contribution is -0.123. The van der Waals surface area contributed by atoms with E-state index in [2.05, 4.69) is 10.6 Å². The smallest absolute Gasteiger partial charge is 0.335 e. The summed E-state index contributed by atoms with van der Waals surface area (Å²) in [5.74, 6) is -1.26. The predicted octanol–water partition coefficient (Wildman–Crippen LogP) is 5.75. The Morgan fingerprint density at radius 1 is 1.03 bits per heavy atom. The number of hydrogen-bond donors (Lipinski definition) is 3. The Labute approximate surface area is 230 Å². The Bertz CT molecular complexity index is 1410. The lowest BCUT2D eigenvalue weighted by Crippen LogP contribution is -2.53. The maximum absolute atomic E-state index is 13.8. The Hall–Kier alpha value is -3.55. The van der Waals surface area contributed by atoms with Crippen LogP contribution in [0.2, 0.25) is 10.0 Å². The normalized spacial score (nSPS) is 20.5. The van der Waals surface area contributed by atoms with E-state index >= 15 is 0 Å². The van der Waals surface area contributed by atoms with Gasteiger partial charge in [0.15, 0.2) is 0 Å². The Morgan fingerprint density at radius 2 is 1.79 bits per heavy atom. The number of carbonyl (C=O) groups is 3. The molecule has 0 saturated carbocycles. The number of halogens is 2. The summed E-state index contributed by atoms with van der Waals surface area (Å²) in [5.41, 5.74) is 2.50. The van der Waals surface area contributed by atoms with Gasteiger partial charge in [-0.05, 0) is 78.3 Å². The number of rotatable bonds is 6. The number of anilines is 1. The van der Waals surface area contributed by atoms with Crippen molar-refractivity contribution in [3.05, 3.63) is 99.0 Å². The van der Waals surface area contributed by atoms with E-state index < -0.39 is 11.4 Å². The van der Waals surface area contributed by atoms with Gasteiger partial charge < -0.3 is 20.6 Å². The molecule has 3 aromatic rings. The summed E-state index contributed by atoms with van der Waals surface area (Å²) in [5, 5.41) is 16.3. The summed E-state index contributed by atoms with van der Waals surface area (Å²) in [6.45, 7) is 1.17. The van der Waals surface area contributed by atoms with Crippen LogP contribution in [0.25, 0.3) is 0 Å². The molecule has 0 radical (unpaired) electrons. The van der Waals surface area contributed by atoms with E-state index in [1.54, 1.807) is 41.3 Å². The third kappa shape index (κ3) is 5.08. The standard InChI is InChI=1S/C29H27Cl2N3O4/c30-22-8-2-4-18(13-22)15-29(24-10-9-23(31)14-25(24)33-27(29)37)21-7-3-11-34(17-21)28(38)32-16-19-5-1-6-20(12-19)26(35)36/h1-2,4-6,8-10,12-14,21H,3,7,11,15-17H2,(H,32,38)(H,33,37)(H,35,36). The quantitative estimate of drug-likeness (QED) is 0.363. The van der Waals surface area contributed by atoms with Gasteiger partial charge in [0.25, 0.3) is 0 Å². The molecule has 3 aromatic carbocycles. The van der Waals surface area contributed by atoms with Gasteiger partial charge in [0.2, 0.25) is 5.91 Å². The molecule has 1 fully saturated rings. The van der Waals surface area contributed by atoms with Crippen LogP contribution in [0, 0.1) is 5.92 Å². The van der Waals surface area contributed by atoms with Crippen LogP contribution >= 0.6 is 23.2 Å². The first-order valence-corrected chi connectivity index (χ1v) is 13.2. The number of carbonyl (C=O) groups excluding carboxylic acids is 2. The zero-order valence-corrected chi connectivity index (χ0v) is 22.1. The fraction of sp³-hybridized carbons (Fsp3) is 0.276. The van der Waals surface area contributed by atoms with Crippen LogP contribution in [0.15, 0.2) is 66.7 Å². The summed E-state index contributed by atoms with van der Waals surface area (Å²) >= 11 is 12.5. The molecule has 2 atom stereocenters. The largest absolute Gasteiger partial charge is 0.478 e. The highest BCUT2D eigenvalue weighted by atomic mass is 35.5. The van der Waals surface area contributed by atoms with E-state index in [1.807, 2.05) is 24.3 Å². The van der Waals surface area contributed by atoms with Crippen LogP contribution in [-0.2, 0) is 23.2 Å². The van der Waals surface area contributed by atoms with Crippen molar-refractivity contribution in [1.29, 1.82) is 0 Å². The summed E-state index contributed by atoms with van der Waals surface area (Å²) in [7, 11) is 0. The lowest BCUT2D eigenvalue weighted by Gasteiger charge is -2.42. The number of hydrogen-bond acceptors (Lipinski definition) is 3. The molecule has 2 aliphatic heterocycles. The molecule has 0 aliphatic carbocycles. The third-order valence-corrected chi connectivity index (χ3v) is 7.98. The van der Waals surface area contributed by atoms with Gasteiger partial charge in [0.1, 0.15) is 0 Å². The van der Waals surface area contributed by atoms with Gasteiger partial charge in [-0.1, -0.05) is 53.5 Å². The van der Waals surface area contributed by atoms with Crippen LogP contribution in [0.4, 0.5) is 10.5 Å². The number of nitrogens with one attached hydrogen (secondary N) is 2. The fourth-order valence-electron chi connectivity index (χ4n) is 5.73. The summed E-state index contributed by atoms with van der Waals surface area (Å²) in [6.07, 6.45) is 1.97. The second-order valence-corrected chi connectivity index (χ2v) is 10.7. The number of amides is 3. The number of nitrogens with zero attached hydrogens (tertiary/aromatic N) is 1. The number of benzene rings is 3. The van der Waals surface area contributed by atoms with Crippen LogP contribution in [0.3, 0.4) is 0 Å². The SMILES string of the molecule is O=C(O)c1cccc(CNC(=O)N2CCCC(C3(Cc4cccc(Cl)c4)C(=O)Nc4cc(Cl)ccc43)C2)c1. The molecule has 9 heteroatoms. The van der Waals surface area contributed by atoms with E-state index in [9.17, 15) is 19.5 Å². The van der Waals surface area contributed by atoms with E-state index in [0.29, 0.717) is 40.8 Å². The van der Waals surface area contributed by atoms with Gasteiger partial charge in [-0.15, -0.1) is 0 Å². The van der Waals surface area contributed by atoms with Crippen molar-refractivity contribution in [3.8, 4) is 0 Å². The van der Waals surface area contributed by atoms with Crippen molar-refractivity contribution in [3.63, 3.8) is 0 Å².